The molecule has 0 spiro atoms. The molecule has 5 heterocycles. The van der Waals surface area contributed by atoms with Crippen LogP contribution in [0.5, 0.6) is 0 Å². The maximum Gasteiger partial charge on any atom is 0.264 e. The predicted octanol–water partition coefficient (Wildman–Crippen LogP) is 2.35. The van der Waals surface area contributed by atoms with Crippen LogP contribution in [0.25, 0.3) is 10.9 Å². The number of ether oxygens (including phenoxy) is 1. The number of hydrogen-bond donors (Lipinski definition) is 1. The highest BCUT2D eigenvalue weighted by Crippen LogP contribution is 2.36. The Balaban J connectivity index is 1.00. The molecule has 4 aliphatic heterocycles. The van der Waals surface area contributed by atoms with E-state index >= 15 is 0 Å². The smallest absolute Gasteiger partial charge is 0.264 e. The number of sulfonamides is 1. The second kappa shape index (κ2) is 12.9. The van der Waals surface area contributed by atoms with E-state index in [4.69, 9.17) is 4.74 Å². The molecule has 11 nitrogen and oxygen atoms in total. The molecule has 44 heavy (non-hydrogen) atoms. The van der Waals surface area contributed by atoms with Crippen molar-refractivity contribution in [2.24, 2.45) is 0 Å². The minimum Gasteiger partial charge on any atom is -0.368 e. The summed E-state index contributed by atoms with van der Waals surface area (Å²) in [5, 5.41) is 4.03. The molecular formula is C32H45N5O6S. The van der Waals surface area contributed by atoms with Gasteiger partial charge in [0, 0.05) is 57.0 Å². The lowest BCUT2D eigenvalue weighted by atomic mass is 9.96. The van der Waals surface area contributed by atoms with Crippen molar-refractivity contribution in [1.29, 1.82) is 0 Å². The van der Waals surface area contributed by atoms with Crippen LogP contribution < -0.4 is 10.9 Å². The lowest BCUT2D eigenvalue weighted by Crippen LogP contribution is -2.53. The number of piperidine rings is 1. The third-order valence-electron chi connectivity index (χ3n) is 9.89. The number of piperazine rings is 1. The summed E-state index contributed by atoms with van der Waals surface area (Å²) in [6.07, 6.45) is 5.46. The second-order valence-electron chi connectivity index (χ2n) is 13.0. The van der Waals surface area contributed by atoms with Crippen molar-refractivity contribution in [1.82, 2.24) is 24.0 Å². The average Bonchev–Trinajstić information content (AvgIpc) is 3.62. The summed E-state index contributed by atoms with van der Waals surface area (Å²) in [5.41, 5.74) is 0.729. The zero-order valence-electron chi connectivity index (χ0n) is 25.8. The van der Waals surface area contributed by atoms with Crippen LogP contribution in [-0.4, -0.2) is 108 Å². The van der Waals surface area contributed by atoms with E-state index in [-0.39, 0.29) is 59.0 Å². The third-order valence-corrected chi connectivity index (χ3v) is 11.8. The molecule has 0 aliphatic carbocycles. The maximum atomic E-state index is 13.4. The molecule has 1 aromatic carbocycles. The zero-order chi connectivity index (χ0) is 31.0. The summed E-state index contributed by atoms with van der Waals surface area (Å²) in [6.45, 7) is 6.69. The number of nitrogens with one attached hydrogen (secondary N) is 1. The minimum absolute atomic E-state index is 0.0143. The van der Waals surface area contributed by atoms with Crippen LogP contribution in [0, 0.1) is 0 Å². The first-order chi connectivity index (χ1) is 21.1. The molecule has 2 unspecified atom stereocenters. The lowest BCUT2D eigenvalue weighted by molar-refractivity contribution is -0.142. The van der Waals surface area contributed by atoms with Crippen molar-refractivity contribution in [2.45, 2.75) is 89.1 Å². The molecule has 4 saturated heterocycles. The van der Waals surface area contributed by atoms with Gasteiger partial charge in [0.2, 0.25) is 10.0 Å². The topological polar surface area (TPSA) is 121 Å². The van der Waals surface area contributed by atoms with E-state index in [1.807, 2.05) is 38.1 Å². The first-order valence-electron chi connectivity index (χ1n) is 16.2. The van der Waals surface area contributed by atoms with Gasteiger partial charge in [-0.3, -0.25) is 19.3 Å². The molecule has 4 fully saturated rings. The van der Waals surface area contributed by atoms with Gasteiger partial charge in [0.25, 0.3) is 17.4 Å². The monoisotopic (exact) mass is 627 g/mol. The van der Waals surface area contributed by atoms with Crippen LogP contribution in [0.3, 0.4) is 0 Å². The van der Waals surface area contributed by atoms with Crippen LogP contribution in [0.15, 0.2) is 35.1 Å². The van der Waals surface area contributed by atoms with E-state index in [0.717, 1.165) is 49.4 Å². The molecule has 2 bridgehead atoms. The standard InChI is InChI=1S/C32H45N5O6S/c1-22(2)37-28-8-4-3-7-23(28)19-27(31(37)39)30(38)33-24-20-25-10-11-26(21-24)36(25)12-6-18-44(41,42)35-15-13-34(14-16-35)32(40)29-9-5-17-43-29/h3-4,7-8,19,22,24-26,29H,5-6,9-18,20-21H2,1-2H3,(H,33,38)/t24?,25-,26+,29?. The average molecular weight is 628 g/mol. The zero-order valence-corrected chi connectivity index (χ0v) is 26.6. The highest BCUT2D eigenvalue weighted by molar-refractivity contribution is 7.89. The Morgan fingerprint density at radius 2 is 1.73 bits per heavy atom. The van der Waals surface area contributed by atoms with Crippen LogP contribution in [0.1, 0.15) is 75.2 Å². The molecule has 240 valence electrons. The van der Waals surface area contributed by atoms with Gasteiger partial charge in [-0.1, -0.05) is 18.2 Å². The van der Waals surface area contributed by atoms with E-state index in [1.54, 1.807) is 15.5 Å². The normalized spacial score (nSPS) is 26.5. The van der Waals surface area contributed by atoms with Gasteiger partial charge < -0.3 is 19.5 Å². The van der Waals surface area contributed by atoms with Crippen molar-refractivity contribution in [3.8, 4) is 0 Å². The molecule has 1 aromatic heterocycles. The van der Waals surface area contributed by atoms with Gasteiger partial charge in [-0.15, -0.1) is 0 Å². The predicted molar refractivity (Wildman–Crippen MR) is 168 cm³/mol. The number of carbonyl (C=O) groups is 2. The quantitative estimate of drug-likeness (QED) is 0.453. The van der Waals surface area contributed by atoms with E-state index in [1.165, 1.54) is 4.31 Å². The number of hydrogen-bond acceptors (Lipinski definition) is 7. The fourth-order valence-electron chi connectivity index (χ4n) is 7.70. The van der Waals surface area contributed by atoms with Gasteiger partial charge in [0.15, 0.2) is 0 Å². The van der Waals surface area contributed by atoms with Crippen molar-refractivity contribution < 1.29 is 22.7 Å². The van der Waals surface area contributed by atoms with E-state index in [9.17, 15) is 22.8 Å². The highest BCUT2D eigenvalue weighted by atomic mass is 32.2. The van der Waals surface area contributed by atoms with Crippen LogP contribution >= 0.6 is 0 Å². The van der Waals surface area contributed by atoms with Crippen molar-refractivity contribution in [3.63, 3.8) is 0 Å². The van der Waals surface area contributed by atoms with Crippen molar-refractivity contribution in [2.75, 3.05) is 45.1 Å². The fourth-order valence-corrected chi connectivity index (χ4v) is 9.17. The molecule has 1 N–H and O–H groups in total. The first-order valence-corrected chi connectivity index (χ1v) is 17.8. The molecule has 0 saturated carbocycles. The van der Waals surface area contributed by atoms with Gasteiger partial charge in [-0.05, 0) is 82.9 Å². The molecular weight excluding hydrogens is 582 g/mol. The number of aromatic nitrogens is 1. The van der Waals surface area contributed by atoms with Gasteiger partial charge in [-0.2, -0.15) is 4.31 Å². The van der Waals surface area contributed by atoms with Crippen LogP contribution in [0.2, 0.25) is 0 Å². The SMILES string of the molecule is CC(C)n1c(=O)c(C(=O)NC2C[C@H]3CC[C@@H](C2)N3CCCS(=O)(=O)N2CCN(C(=O)C3CCCO3)CC2)cc2ccccc21. The summed E-state index contributed by atoms with van der Waals surface area (Å²) < 4.78 is 35.0. The number of amides is 2. The van der Waals surface area contributed by atoms with Gasteiger partial charge >= 0.3 is 0 Å². The molecule has 12 heteroatoms. The van der Waals surface area contributed by atoms with Gasteiger partial charge in [-0.25, -0.2) is 8.42 Å². The Kier molecular flexibility index (Phi) is 9.15. The number of rotatable bonds is 9. The minimum atomic E-state index is -3.40. The van der Waals surface area contributed by atoms with E-state index in [2.05, 4.69) is 10.2 Å². The third kappa shape index (κ3) is 6.31. The summed E-state index contributed by atoms with van der Waals surface area (Å²) in [4.78, 5) is 43.5. The Morgan fingerprint density at radius 3 is 2.39 bits per heavy atom. The Hall–Kier alpha value is -2.80. The van der Waals surface area contributed by atoms with E-state index in [0.29, 0.717) is 45.8 Å². The lowest BCUT2D eigenvalue weighted by Gasteiger charge is -2.39. The second-order valence-corrected chi connectivity index (χ2v) is 15.1. The van der Waals surface area contributed by atoms with Crippen molar-refractivity contribution >= 4 is 32.7 Å². The van der Waals surface area contributed by atoms with E-state index < -0.39 is 10.0 Å². The first kappa shape index (κ1) is 31.2. The number of carbonyl (C=O) groups excluding carboxylic acids is 2. The van der Waals surface area contributed by atoms with Gasteiger partial charge in [0.1, 0.15) is 11.7 Å². The fraction of sp³-hybridized carbons (Fsp3) is 0.656. The van der Waals surface area contributed by atoms with Crippen LogP contribution in [0.4, 0.5) is 0 Å². The number of pyridine rings is 1. The van der Waals surface area contributed by atoms with Crippen LogP contribution in [-0.2, 0) is 19.6 Å². The maximum absolute atomic E-state index is 13.4. The molecule has 2 amide bonds. The Labute approximate surface area is 259 Å². The Bertz CT molecular complexity index is 1530. The largest absolute Gasteiger partial charge is 0.368 e. The number of nitrogens with zero attached hydrogens (tertiary/aromatic N) is 4. The summed E-state index contributed by atoms with van der Waals surface area (Å²) in [5.74, 6) is -0.247. The Morgan fingerprint density at radius 1 is 1.02 bits per heavy atom. The molecule has 4 atom stereocenters. The molecule has 2 aromatic rings. The summed E-state index contributed by atoms with van der Waals surface area (Å²) in [7, 11) is -3.40. The highest BCUT2D eigenvalue weighted by Gasteiger charge is 2.41. The summed E-state index contributed by atoms with van der Waals surface area (Å²) >= 11 is 0. The van der Waals surface area contributed by atoms with Crippen molar-refractivity contribution in [3.05, 3.63) is 46.2 Å². The van der Waals surface area contributed by atoms with Gasteiger partial charge in [0.05, 0.1) is 11.3 Å². The molecule has 4 aliphatic rings. The number of para-hydroxylation sites is 1. The molecule has 6 rings (SSSR count). The number of benzene rings is 1. The summed E-state index contributed by atoms with van der Waals surface area (Å²) in [6, 6.07) is 9.84. The molecule has 0 radical (unpaired) electrons. The number of fused-ring (bicyclic) bond motifs is 3.